The second-order valence-corrected chi connectivity index (χ2v) is 8.20. The predicted octanol–water partition coefficient (Wildman–Crippen LogP) is 5.21. The van der Waals surface area contributed by atoms with E-state index >= 15 is 0 Å². The van der Waals surface area contributed by atoms with Crippen molar-refractivity contribution in [2.24, 2.45) is 0 Å². The molecule has 168 valence electrons. The molecule has 1 N–H and O–H groups in total. The third-order valence-corrected chi connectivity index (χ3v) is 5.82. The van der Waals surface area contributed by atoms with Gasteiger partial charge < -0.3 is 9.88 Å². The molecular formula is C27H28N4O2. The molecule has 0 saturated carbocycles. The molecule has 0 aliphatic carbocycles. The van der Waals surface area contributed by atoms with Gasteiger partial charge in [-0.2, -0.15) is 5.10 Å². The van der Waals surface area contributed by atoms with Crippen molar-refractivity contribution >= 4 is 11.7 Å². The van der Waals surface area contributed by atoms with Gasteiger partial charge in [0.2, 0.25) is 0 Å². The predicted molar refractivity (Wildman–Crippen MR) is 130 cm³/mol. The minimum Gasteiger partial charge on any atom is -0.354 e. The third-order valence-electron chi connectivity index (χ3n) is 5.82. The first kappa shape index (κ1) is 22.3. The summed E-state index contributed by atoms with van der Waals surface area (Å²) in [5, 5.41) is 4.84. The molecule has 0 aliphatic heterocycles. The van der Waals surface area contributed by atoms with Crippen LogP contribution in [0.2, 0.25) is 0 Å². The number of benzene rings is 2. The van der Waals surface area contributed by atoms with Gasteiger partial charge in [-0.3, -0.25) is 9.59 Å². The van der Waals surface area contributed by atoms with E-state index in [0.29, 0.717) is 24.2 Å². The Kier molecular flexibility index (Phi) is 6.27. The van der Waals surface area contributed by atoms with E-state index in [1.807, 2.05) is 85.4 Å². The zero-order valence-corrected chi connectivity index (χ0v) is 19.4. The van der Waals surface area contributed by atoms with Crippen LogP contribution in [0.5, 0.6) is 0 Å². The molecule has 4 aromatic rings. The van der Waals surface area contributed by atoms with Gasteiger partial charge >= 0.3 is 0 Å². The van der Waals surface area contributed by atoms with E-state index in [4.69, 9.17) is 5.10 Å². The zero-order chi connectivity index (χ0) is 23.5. The van der Waals surface area contributed by atoms with Crippen molar-refractivity contribution in [1.82, 2.24) is 19.7 Å². The molecule has 0 radical (unpaired) electrons. The first-order chi connectivity index (χ1) is 15.9. The molecule has 0 bridgehead atoms. The molecule has 4 rings (SSSR count). The lowest BCUT2D eigenvalue weighted by Gasteiger charge is -2.17. The highest BCUT2D eigenvalue weighted by atomic mass is 16.2. The van der Waals surface area contributed by atoms with Crippen LogP contribution in [0.1, 0.15) is 51.5 Å². The second kappa shape index (κ2) is 9.28. The summed E-state index contributed by atoms with van der Waals surface area (Å²) in [6.45, 7) is 5.72. The highest BCUT2D eigenvalue weighted by Gasteiger charge is 2.25. The van der Waals surface area contributed by atoms with Gasteiger partial charge in [0.15, 0.2) is 5.78 Å². The maximum absolute atomic E-state index is 13.4. The number of nitrogens with one attached hydrogen (secondary N) is 1. The molecule has 0 aliphatic rings. The number of carbonyl (C=O) groups is 2. The molecule has 2 heterocycles. The van der Waals surface area contributed by atoms with Gasteiger partial charge in [-0.05, 0) is 38.0 Å². The van der Waals surface area contributed by atoms with Gasteiger partial charge in [-0.25, -0.2) is 4.68 Å². The Morgan fingerprint density at radius 2 is 1.67 bits per heavy atom. The van der Waals surface area contributed by atoms with Crippen molar-refractivity contribution < 1.29 is 9.59 Å². The molecule has 0 saturated heterocycles. The smallest absolute Gasteiger partial charge is 0.270 e. The van der Waals surface area contributed by atoms with Crippen molar-refractivity contribution in [3.63, 3.8) is 0 Å². The first-order valence-corrected chi connectivity index (χ1v) is 11.1. The van der Waals surface area contributed by atoms with Crippen LogP contribution in [0.15, 0.2) is 66.9 Å². The van der Waals surface area contributed by atoms with Gasteiger partial charge in [-0.1, -0.05) is 55.5 Å². The van der Waals surface area contributed by atoms with E-state index in [1.54, 1.807) is 11.9 Å². The van der Waals surface area contributed by atoms with Crippen LogP contribution < -0.4 is 0 Å². The number of H-pyrrole nitrogens is 1. The average molecular weight is 441 g/mol. The number of rotatable bonds is 7. The highest BCUT2D eigenvalue weighted by molar-refractivity contribution is 6.02. The number of aromatic amines is 1. The topological polar surface area (TPSA) is 71.0 Å². The van der Waals surface area contributed by atoms with Crippen molar-refractivity contribution in [1.29, 1.82) is 0 Å². The van der Waals surface area contributed by atoms with E-state index in [1.165, 1.54) is 6.92 Å². The monoisotopic (exact) mass is 440 g/mol. The van der Waals surface area contributed by atoms with Crippen molar-refractivity contribution in [3.8, 4) is 16.9 Å². The number of aromatic nitrogens is 3. The number of para-hydroxylation sites is 1. The molecular weight excluding hydrogens is 412 g/mol. The van der Waals surface area contributed by atoms with Gasteiger partial charge in [0, 0.05) is 42.2 Å². The minimum atomic E-state index is -0.145. The summed E-state index contributed by atoms with van der Waals surface area (Å²) in [6, 6.07) is 19.9. The number of Topliss-reactive ketones (excluding diaryl/α,β-unsaturated/α-hetero) is 1. The lowest BCUT2D eigenvalue weighted by Crippen LogP contribution is -2.27. The fraction of sp³-hybridized carbons (Fsp3) is 0.222. The quantitative estimate of drug-likeness (QED) is 0.401. The van der Waals surface area contributed by atoms with E-state index in [9.17, 15) is 9.59 Å². The van der Waals surface area contributed by atoms with Crippen LogP contribution in [-0.2, 0) is 13.0 Å². The van der Waals surface area contributed by atoms with Crippen molar-refractivity contribution in [2.75, 3.05) is 7.05 Å². The Hall–Kier alpha value is -3.93. The summed E-state index contributed by atoms with van der Waals surface area (Å²) in [6.07, 6.45) is 2.58. The Bertz CT molecular complexity index is 1290. The molecule has 0 fully saturated rings. The molecule has 2 aromatic heterocycles. The van der Waals surface area contributed by atoms with E-state index in [0.717, 1.165) is 33.8 Å². The number of hydrogen-bond acceptors (Lipinski definition) is 3. The van der Waals surface area contributed by atoms with Gasteiger partial charge in [0.05, 0.1) is 11.4 Å². The van der Waals surface area contributed by atoms with E-state index in [2.05, 4.69) is 4.98 Å². The molecule has 6 nitrogen and oxygen atoms in total. The van der Waals surface area contributed by atoms with Crippen LogP contribution in [0.3, 0.4) is 0 Å². The summed E-state index contributed by atoms with van der Waals surface area (Å²) >= 11 is 0. The lowest BCUT2D eigenvalue weighted by molar-refractivity contribution is 0.0779. The van der Waals surface area contributed by atoms with Crippen molar-refractivity contribution in [2.45, 2.75) is 33.7 Å². The SMILES string of the molecule is CCc1c(C(=O)N(C)Cc2cn(-c3ccccc3)nc2-c2ccccc2)[nH]c(C)c1C(C)=O. The summed E-state index contributed by atoms with van der Waals surface area (Å²) in [4.78, 5) is 30.4. The van der Waals surface area contributed by atoms with E-state index < -0.39 is 0 Å². The average Bonchev–Trinajstić information content (AvgIpc) is 3.40. The second-order valence-electron chi connectivity index (χ2n) is 8.20. The standard InChI is InChI=1S/C27H28N4O2/c1-5-23-24(19(3)32)18(2)28-26(23)27(33)30(4)16-21-17-31(22-14-10-7-11-15-22)29-25(21)20-12-8-6-9-13-20/h6-15,17,28H,5,16H2,1-4H3. The third kappa shape index (κ3) is 4.37. The lowest BCUT2D eigenvalue weighted by atomic mass is 10.0. The Labute approximate surface area is 193 Å². The van der Waals surface area contributed by atoms with E-state index in [-0.39, 0.29) is 11.7 Å². The molecule has 0 atom stereocenters. The summed E-state index contributed by atoms with van der Waals surface area (Å²) in [7, 11) is 1.78. The fourth-order valence-corrected chi connectivity index (χ4v) is 4.29. The first-order valence-electron chi connectivity index (χ1n) is 11.1. The van der Waals surface area contributed by atoms with Crippen LogP contribution in [-0.4, -0.2) is 38.4 Å². The van der Waals surface area contributed by atoms with Crippen molar-refractivity contribution in [3.05, 3.63) is 94.9 Å². The normalized spacial score (nSPS) is 10.9. The fourth-order valence-electron chi connectivity index (χ4n) is 4.29. The van der Waals surface area contributed by atoms with Gasteiger partial charge in [-0.15, -0.1) is 0 Å². The molecule has 0 unspecified atom stereocenters. The van der Waals surface area contributed by atoms with Gasteiger partial charge in [0.1, 0.15) is 5.69 Å². The number of amides is 1. The summed E-state index contributed by atoms with van der Waals surface area (Å²) < 4.78 is 1.85. The minimum absolute atomic E-state index is 0.0298. The van der Waals surface area contributed by atoms with Crippen LogP contribution in [0.25, 0.3) is 16.9 Å². The van der Waals surface area contributed by atoms with Crippen LogP contribution in [0.4, 0.5) is 0 Å². The number of carbonyl (C=O) groups excluding carboxylic acids is 2. The highest BCUT2D eigenvalue weighted by Crippen LogP contribution is 2.26. The Morgan fingerprint density at radius 3 is 2.27 bits per heavy atom. The molecule has 0 spiro atoms. The number of hydrogen-bond donors (Lipinski definition) is 1. The summed E-state index contributed by atoms with van der Waals surface area (Å²) in [5.41, 5.74) is 6.34. The number of ketones is 1. The molecule has 1 amide bonds. The maximum Gasteiger partial charge on any atom is 0.270 e. The largest absolute Gasteiger partial charge is 0.354 e. The molecule has 33 heavy (non-hydrogen) atoms. The summed E-state index contributed by atoms with van der Waals surface area (Å²) in [5.74, 6) is -0.174. The zero-order valence-electron chi connectivity index (χ0n) is 19.4. The Morgan fingerprint density at radius 1 is 1.03 bits per heavy atom. The Balaban J connectivity index is 1.70. The van der Waals surface area contributed by atoms with Crippen LogP contribution >= 0.6 is 0 Å². The number of aryl methyl sites for hydroxylation is 1. The molecule has 6 heteroatoms. The maximum atomic E-state index is 13.4. The van der Waals surface area contributed by atoms with Gasteiger partial charge in [0.25, 0.3) is 5.91 Å². The number of nitrogens with zero attached hydrogens (tertiary/aromatic N) is 3. The molecule has 2 aromatic carbocycles. The van der Waals surface area contributed by atoms with Crippen LogP contribution in [0, 0.1) is 6.92 Å².